The molecule has 6 heteroatoms. The van der Waals surface area contributed by atoms with Crippen LogP contribution in [0.1, 0.15) is 36.2 Å². The minimum atomic E-state index is -0.826. The average Bonchev–Trinajstić information content (AvgIpc) is 3.02. The van der Waals surface area contributed by atoms with Crippen molar-refractivity contribution in [3.63, 3.8) is 0 Å². The van der Waals surface area contributed by atoms with Crippen LogP contribution >= 0.6 is 11.3 Å². The zero-order valence-corrected chi connectivity index (χ0v) is 16.7. The van der Waals surface area contributed by atoms with Crippen LogP contribution in [0.4, 0.5) is 5.82 Å². The van der Waals surface area contributed by atoms with E-state index < -0.39 is 5.60 Å². The lowest BCUT2D eigenvalue weighted by Gasteiger charge is -2.18. The first kappa shape index (κ1) is 17.8. The Labute approximate surface area is 162 Å². The number of aromatic nitrogens is 3. The topological polar surface area (TPSA) is 70.9 Å². The van der Waals surface area contributed by atoms with Gasteiger partial charge in [0.15, 0.2) is 0 Å². The molecule has 4 rings (SSSR count). The number of nitrogens with one attached hydrogen (secondary N) is 1. The molecule has 138 valence electrons. The van der Waals surface area contributed by atoms with Gasteiger partial charge >= 0.3 is 0 Å². The van der Waals surface area contributed by atoms with E-state index in [0.717, 1.165) is 32.2 Å². The molecule has 0 aliphatic rings. The molecule has 27 heavy (non-hydrogen) atoms. The van der Waals surface area contributed by atoms with Crippen molar-refractivity contribution in [3.05, 3.63) is 58.9 Å². The van der Waals surface area contributed by atoms with Gasteiger partial charge in [-0.05, 0) is 50.5 Å². The van der Waals surface area contributed by atoms with Gasteiger partial charge in [-0.3, -0.25) is 0 Å². The molecule has 3 heterocycles. The van der Waals surface area contributed by atoms with Crippen molar-refractivity contribution in [2.45, 2.75) is 39.8 Å². The van der Waals surface area contributed by atoms with Crippen LogP contribution < -0.4 is 5.32 Å². The molecular weight excluding hydrogens is 356 g/mol. The van der Waals surface area contributed by atoms with E-state index in [-0.39, 0.29) is 0 Å². The van der Waals surface area contributed by atoms with Gasteiger partial charge in [0.2, 0.25) is 0 Å². The van der Waals surface area contributed by atoms with E-state index in [4.69, 9.17) is 0 Å². The van der Waals surface area contributed by atoms with E-state index in [9.17, 15) is 5.11 Å². The summed E-state index contributed by atoms with van der Waals surface area (Å²) in [5, 5.41) is 24.5. The number of nitrogens with zero attached hydrogens (tertiary/aromatic N) is 3. The van der Waals surface area contributed by atoms with E-state index >= 15 is 0 Å². The summed E-state index contributed by atoms with van der Waals surface area (Å²) >= 11 is 1.62. The highest BCUT2D eigenvalue weighted by Crippen LogP contribution is 2.37. The van der Waals surface area contributed by atoms with Gasteiger partial charge in [-0.25, -0.2) is 4.98 Å². The zero-order valence-electron chi connectivity index (χ0n) is 15.9. The van der Waals surface area contributed by atoms with Gasteiger partial charge in [0.05, 0.1) is 16.0 Å². The molecule has 3 aromatic heterocycles. The van der Waals surface area contributed by atoms with E-state index in [1.807, 2.05) is 43.5 Å². The number of hydrogen-bond acceptors (Lipinski definition) is 6. The van der Waals surface area contributed by atoms with Gasteiger partial charge < -0.3 is 10.4 Å². The molecule has 0 saturated heterocycles. The lowest BCUT2D eigenvalue weighted by Crippen LogP contribution is -2.15. The maximum absolute atomic E-state index is 10.1. The van der Waals surface area contributed by atoms with Crippen LogP contribution in [0.3, 0.4) is 0 Å². The number of fused-ring (bicyclic) bond motifs is 3. The van der Waals surface area contributed by atoms with Crippen LogP contribution in [0.25, 0.3) is 20.3 Å². The molecule has 0 amide bonds. The van der Waals surface area contributed by atoms with E-state index in [0.29, 0.717) is 6.54 Å². The summed E-state index contributed by atoms with van der Waals surface area (Å²) in [6.45, 7) is 8.33. The fraction of sp³-hybridized carbons (Fsp3) is 0.286. The highest BCUT2D eigenvalue weighted by molar-refractivity contribution is 7.26. The summed E-state index contributed by atoms with van der Waals surface area (Å²) in [5.41, 5.74) is 3.34. The summed E-state index contributed by atoms with van der Waals surface area (Å²) in [6, 6.07) is 10.0. The predicted molar refractivity (Wildman–Crippen MR) is 111 cm³/mol. The van der Waals surface area contributed by atoms with Gasteiger partial charge in [-0.1, -0.05) is 24.3 Å². The first-order valence-corrected chi connectivity index (χ1v) is 9.73. The molecule has 2 N–H and O–H groups in total. The van der Waals surface area contributed by atoms with Crippen LogP contribution in [0, 0.1) is 13.8 Å². The summed E-state index contributed by atoms with van der Waals surface area (Å²) in [6.07, 6.45) is 1.84. The summed E-state index contributed by atoms with van der Waals surface area (Å²) in [4.78, 5) is 5.48. The quantitative estimate of drug-likeness (QED) is 0.539. The number of benzene rings is 1. The van der Waals surface area contributed by atoms with Crippen molar-refractivity contribution in [3.8, 4) is 0 Å². The third-order valence-corrected chi connectivity index (χ3v) is 6.01. The molecule has 0 aliphatic heterocycles. The molecule has 0 fully saturated rings. The van der Waals surface area contributed by atoms with Crippen LogP contribution in [-0.2, 0) is 12.1 Å². The summed E-state index contributed by atoms with van der Waals surface area (Å²) in [5.74, 6) is 0.860. The van der Waals surface area contributed by atoms with E-state index in [1.165, 1.54) is 16.3 Å². The van der Waals surface area contributed by atoms with E-state index in [2.05, 4.69) is 27.4 Å². The van der Waals surface area contributed by atoms with Crippen LogP contribution in [0.2, 0.25) is 0 Å². The normalized spacial score (nSPS) is 12.0. The van der Waals surface area contributed by atoms with Gasteiger partial charge in [-0.15, -0.1) is 16.4 Å². The first-order chi connectivity index (χ1) is 12.8. The molecule has 0 radical (unpaired) electrons. The Morgan fingerprint density at radius 1 is 1.07 bits per heavy atom. The smallest absolute Gasteiger partial charge is 0.147 e. The van der Waals surface area contributed by atoms with Gasteiger partial charge in [-0.2, -0.15) is 5.10 Å². The van der Waals surface area contributed by atoms with Crippen LogP contribution in [0.5, 0.6) is 0 Å². The molecule has 5 nitrogen and oxygen atoms in total. The maximum Gasteiger partial charge on any atom is 0.147 e. The Hall–Kier alpha value is -2.57. The molecule has 0 saturated carbocycles. The Kier molecular flexibility index (Phi) is 4.32. The predicted octanol–water partition coefficient (Wildman–Crippen LogP) is 4.70. The van der Waals surface area contributed by atoms with Crippen molar-refractivity contribution < 1.29 is 5.11 Å². The van der Waals surface area contributed by atoms with Crippen LogP contribution in [-0.4, -0.2) is 20.3 Å². The standard InChI is InChI=1S/C21H22N4OS/c1-12-13(2)24-25-20-17(12)16-9-10-22-19(18(16)27-20)23-11-14-5-7-15(8-6-14)21(3,4)26/h5-10,26H,11H2,1-4H3,(H,22,23). The fourth-order valence-corrected chi connectivity index (χ4v) is 4.30. The van der Waals surface area contributed by atoms with E-state index in [1.54, 1.807) is 25.2 Å². The largest absolute Gasteiger partial charge is 0.386 e. The van der Waals surface area contributed by atoms with Gasteiger partial charge in [0.1, 0.15) is 10.6 Å². The first-order valence-electron chi connectivity index (χ1n) is 8.91. The number of aliphatic hydroxyl groups is 1. The molecule has 0 aliphatic carbocycles. The number of thiophene rings is 1. The minimum Gasteiger partial charge on any atom is -0.386 e. The molecule has 0 bridgehead atoms. The number of anilines is 1. The molecule has 0 spiro atoms. The third kappa shape index (κ3) is 3.26. The maximum atomic E-state index is 10.1. The van der Waals surface area contributed by atoms with Gasteiger partial charge in [0, 0.05) is 23.5 Å². The van der Waals surface area contributed by atoms with Crippen molar-refractivity contribution in [1.29, 1.82) is 0 Å². The minimum absolute atomic E-state index is 0.663. The van der Waals surface area contributed by atoms with Gasteiger partial charge in [0.25, 0.3) is 0 Å². The molecule has 1 aromatic carbocycles. The summed E-state index contributed by atoms with van der Waals surface area (Å²) < 4.78 is 1.10. The second-order valence-electron chi connectivity index (χ2n) is 7.34. The monoisotopic (exact) mass is 378 g/mol. The number of aryl methyl sites for hydroxylation is 2. The number of hydrogen-bond donors (Lipinski definition) is 2. The van der Waals surface area contributed by atoms with Crippen molar-refractivity contribution in [1.82, 2.24) is 15.2 Å². The molecule has 0 unspecified atom stereocenters. The highest BCUT2D eigenvalue weighted by Gasteiger charge is 2.16. The third-order valence-electron chi connectivity index (χ3n) is 4.92. The Balaban J connectivity index is 1.66. The summed E-state index contributed by atoms with van der Waals surface area (Å²) in [7, 11) is 0. The zero-order chi connectivity index (χ0) is 19.2. The number of rotatable bonds is 4. The Morgan fingerprint density at radius 2 is 1.81 bits per heavy atom. The Morgan fingerprint density at radius 3 is 2.52 bits per heavy atom. The lowest BCUT2D eigenvalue weighted by molar-refractivity contribution is 0.0786. The molecule has 0 atom stereocenters. The highest BCUT2D eigenvalue weighted by atomic mass is 32.1. The average molecular weight is 379 g/mol. The Bertz CT molecular complexity index is 1130. The lowest BCUT2D eigenvalue weighted by atomic mass is 9.97. The van der Waals surface area contributed by atoms with Crippen molar-refractivity contribution >= 4 is 37.5 Å². The molecular formula is C21H22N4OS. The molecule has 4 aromatic rings. The van der Waals surface area contributed by atoms with Crippen molar-refractivity contribution in [2.24, 2.45) is 0 Å². The fourth-order valence-electron chi connectivity index (χ4n) is 3.16. The second-order valence-corrected chi connectivity index (χ2v) is 8.34. The van der Waals surface area contributed by atoms with Crippen LogP contribution in [0.15, 0.2) is 36.5 Å². The van der Waals surface area contributed by atoms with Crippen molar-refractivity contribution in [2.75, 3.05) is 5.32 Å². The SMILES string of the molecule is Cc1nnc2sc3c(NCc4ccc(C(C)(C)O)cc4)nccc3c2c1C. The number of pyridine rings is 1. The second kappa shape index (κ2) is 6.55.